The number of esters is 3. The maximum atomic E-state index is 14.4. The Hall–Kier alpha value is -1.71. The van der Waals surface area contributed by atoms with E-state index in [1.165, 1.54) is 7.11 Å². The first kappa shape index (κ1) is 45.3. The molecule has 0 fully saturated rings. The van der Waals surface area contributed by atoms with Gasteiger partial charge in [0.1, 0.15) is 0 Å². The van der Waals surface area contributed by atoms with Crippen LogP contribution in [0.3, 0.4) is 0 Å². The van der Waals surface area contributed by atoms with Crippen molar-refractivity contribution in [3.8, 4) is 0 Å². The zero-order valence-corrected chi connectivity index (χ0v) is 34.2. The zero-order valence-electron chi connectivity index (χ0n) is 34.2. The third-order valence-corrected chi connectivity index (χ3v) is 12.5. The predicted octanol–water partition coefficient (Wildman–Crippen LogP) is 7.59. The second kappa shape index (κ2) is 15.0. The van der Waals surface area contributed by atoms with Crippen LogP contribution in [-0.4, -0.2) is 76.3 Å². The molecule has 2 N–H and O–H groups in total. The third-order valence-electron chi connectivity index (χ3n) is 12.5. The van der Waals surface area contributed by atoms with E-state index < -0.39 is 49.4 Å². The van der Waals surface area contributed by atoms with Crippen LogP contribution in [0.1, 0.15) is 130 Å². The highest BCUT2D eigenvalue weighted by atomic mass is 16.7. The van der Waals surface area contributed by atoms with E-state index in [1.807, 2.05) is 90.4 Å². The number of rotatable bonds is 18. The van der Waals surface area contributed by atoms with E-state index >= 15 is 0 Å². The highest BCUT2D eigenvalue weighted by Crippen LogP contribution is 2.63. The molecule has 0 saturated carbocycles. The van der Waals surface area contributed by atoms with Gasteiger partial charge in [-0.05, 0) is 81.5 Å². The maximum Gasteiger partial charge on any atom is 0.316 e. The molecule has 4 atom stereocenters. The molecular weight excluding hydrogens is 596 g/mol. The van der Waals surface area contributed by atoms with Crippen molar-refractivity contribution >= 4 is 17.9 Å². The van der Waals surface area contributed by atoms with Crippen LogP contribution in [-0.2, 0) is 33.3 Å². The Kier molecular flexibility index (Phi) is 14.5. The van der Waals surface area contributed by atoms with E-state index in [1.54, 1.807) is 0 Å². The molecule has 0 aromatic rings. The van der Waals surface area contributed by atoms with Gasteiger partial charge in [0.25, 0.3) is 0 Å². The summed E-state index contributed by atoms with van der Waals surface area (Å²) in [4.78, 5) is 41.9. The van der Waals surface area contributed by atoms with Crippen LogP contribution in [0.15, 0.2) is 0 Å². The van der Waals surface area contributed by atoms with Gasteiger partial charge in [-0.3, -0.25) is 18.9 Å². The lowest BCUT2D eigenvalue weighted by Gasteiger charge is -2.59. The molecule has 278 valence electrons. The highest BCUT2D eigenvalue weighted by Gasteiger charge is 2.64. The van der Waals surface area contributed by atoms with E-state index in [0.29, 0.717) is 23.9 Å². The lowest BCUT2D eigenvalue weighted by atomic mass is 9.45. The Morgan fingerprint density at radius 1 is 0.681 bits per heavy atom. The molecule has 0 aliphatic rings. The third kappa shape index (κ3) is 9.50. The number of ether oxygens (including phenoxy) is 4. The van der Waals surface area contributed by atoms with E-state index in [4.69, 9.17) is 24.7 Å². The van der Waals surface area contributed by atoms with Crippen molar-refractivity contribution in [3.05, 3.63) is 0 Å². The van der Waals surface area contributed by atoms with Crippen LogP contribution >= 0.6 is 0 Å². The normalized spacial score (nSPS) is 18.8. The maximum absolute atomic E-state index is 14.4. The number of methoxy groups -OCH3 is 1. The summed E-state index contributed by atoms with van der Waals surface area (Å²) in [7, 11) is 7.33. The number of nitrogens with two attached hydrogens (primary N) is 1. The molecule has 9 heteroatoms. The van der Waals surface area contributed by atoms with E-state index in [9.17, 15) is 14.4 Å². The Labute approximate surface area is 288 Å². The molecular formula is C38H75N2O7+. The molecule has 0 radical (unpaired) electrons. The molecule has 0 aliphatic heterocycles. The van der Waals surface area contributed by atoms with E-state index in [-0.39, 0.29) is 37.8 Å². The van der Waals surface area contributed by atoms with Crippen molar-refractivity contribution in [3.63, 3.8) is 0 Å². The summed E-state index contributed by atoms with van der Waals surface area (Å²) in [6.07, 6.45) is 1.19. The van der Waals surface area contributed by atoms with Gasteiger partial charge in [0, 0.05) is 12.1 Å². The number of carbonyl (C=O) groups is 3. The summed E-state index contributed by atoms with van der Waals surface area (Å²) in [5.74, 6) is -0.811. The summed E-state index contributed by atoms with van der Waals surface area (Å²) < 4.78 is 23.1. The van der Waals surface area contributed by atoms with Crippen LogP contribution in [0.4, 0.5) is 0 Å². The van der Waals surface area contributed by atoms with Gasteiger partial charge in [-0.1, -0.05) is 76.2 Å². The summed E-state index contributed by atoms with van der Waals surface area (Å²) in [6.45, 7) is 32.6. The first-order chi connectivity index (χ1) is 20.7. The van der Waals surface area contributed by atoms with Crippen LogP contribution < -0.4 is 5.73 Å². The minimum Gasteiger partial charge on any atom is -0.469 e. The van der Waals surface area contributed by atoms with Crippen LogP contribution in [0, 0.1) is 43.8 Å². The zero-order chi connectivity index (χ0) is 37.9. The van der Waals surface area contributed by atoms with Crippen molar-refractivity contribution in [1.82, 2.24) is 0 Å². The number of hydrogen-bond donors (Lipinski definition) is 1. The molecule has 0 saturated heterocycles. The molecule has 0 rings (SSSR count). The number of carbonyl (C=O) groups excluding carboxylic acids is 3. The number of nitrogens with zero attached hydrogens (tertiary/aromatic N) is 1. The van der Waals surface area contributed by atoms with Gasteiger partial charge in [0.2, 0.25) is 6.73 Å². The van der Waals surface area contributed by atoms with E-state index in [0.717, 1.165) is 0 Å². The summed E-state index contributed by atoms with van der Waals surface area (Å²) in [5.41, 5.74) is 0.574. The van der Waals surface area contributed by atoms with Crippen molar-refractivity contribution in [2.75, 3.05) is 48.4 Å². The summed E-state index contributed by atoms with van der Waals surface area (Å²) in [5, 5.41) is 0. The lowest BCUT2D eigenvalue weighted by Crippen LogP contribution is -2.65. The Bertz CT molecular complexity index is 1080. The molecule has 0 heterocycles. The SMILES string of the molecule is CCOCOC(=O)C(C)(CC(C)(C)C(C)(C)C(C)(CC(C)C)C(=O)OC)C(C)(C)C(C)(N)CC(C)(C(=O)OC[N+](C)(C)C)C(C)(C)C. The molecule has 47 heavy (non-hydrogen) atoms. The summed E-state index contributed by atoms with van der Waals surface area (Å²) >= 11 is 0. The topological polar surface area (TPSA) is 114 Å². The molecule has 0 spiro atoms. The Morgan fingerprint density at radius 3 is 1.53 bits per heavy atom. The fourth-order valence-electron chi connectivity index (χ4n) is 7.01. The number of hydrogen-bond acceptors (Lipinski definition) is 8. The van der Waals surface area contributed by atoms with Gasteiger partial charge in [-0.2, -0.15) is 0 Å². The van der Waals surface area contributed by atoms with Crippen LogP contribution in [0.2, 0.25) is 0 Å². The minimum absolute atomic E-state index is 0.184. The lowest BCUT2D eigenvalue weighted by molar-refractivity contribution is -0.888. The van der Waals surface area contributed by atoms with Crippen molar-refractivity contribution < 1.29 is 37.8 Å². The van der Waals surface area contributed by atoms with Gasteiger partial charge < -0.3 is 24.7 Å². The fourth-order valence-corrected chi connectivity index (χ4v) is 7.01. The number of quaternary nitrogens is 1. The van der Waals surface area contributed by atoms with Crippen molar-refractivity contribution in [2.24, 2.45) is 49.6 Å². The molecule has 0 aliphatic carbocycles. The van der Waals surface area contributed by atoms with Crippen molar-refractivity contribution in [1.29, 1.82) is 0 Å². The fraction of sp³-hybridized carbons (Fsp3) is 0.921. The molecule has 9 nitrogen and oxygen atoms in total. The smallest absolute Gasteiger partial charge is 0.316 e. The van der Waals surface area contributed by atoms with Gasteiger partial charge in [-0.15, -0.1) is 0 Å². The van der Waals surface area contributed by atoms with E-state index in [2.05, 4.69) is 41.5 Å². The van der Waals surface area contributed by atoms with Gasteiger partial charge in [-0.25, -0.2) is 0 Å². The quantitative estimate of drug-likeness (QED) is 0.0521. The minimum atomic E-state index is -1.19. The first-order valence-electron chi connectivity index (χ1n) is 17.3. The summed E-state index contributed by atoms with van der Waals surface area (Å²) in [6, 6.07) is 0. The molecule has 0 aromatic heterocycles. The largest absolute Gasteiger partial charge is 0.469 e. The molecule has 0 aromatic carbocycles. The Balaban J connectivity index is 7.36. The Morgan fingerprint density at radius 2 is 1.15 bits per heavy atom. The monoisotopic (exact) mass is 672 g/mol. The predicted molar refractivity (Wildman–Crippen MR) is 190 cm³/mol. The van der Waals surface area contributed by atoms with Crippen molar-refractivity contribution in [2.45, 2.75) is 136 Å². The second-order valence-corrected chi connectivity index (χ2v) is 19.1. The molecule has 4 unspecified atom stereocenters. The standard InChI is InChI=1S/C38H75N2O7/c1-21-45-26-47-30(43)37(15,23-32(7,8)33(9,10)35(13,22-27(2)3)28(41)44-20)34(11,12)38(16,39)24-36(14,31(4,5)6)29(42)46-25-40(17,18)19/h27H,21-26,39H2,1-20H3/q+1. The van der Waals surface area contributed by atoms with Gasteiger partial charge in [0.15, 0.2) is 6.79 Å². The highest BCUT2D eigenvalue weighted by molar-refractivity contribution is 5.80. The van der Waals surface area contributed by atoms with Crippen LogP contribution in [0.5, 0.6) is 0 Å². The average Bonchev–Trinajstić information content (AvgIpc) is 2.88. The molecule has 0 bridgehead atoms. The first-order valence-corrected chi connectivity index (χ1v) is 17.3. The van der Waals surface area contributed by atoms with Gasteiger partial charge in [0.05, 0.1) is 44.5 Å². The second-order valence-electron chi connectivity index (χ2n) is 19.1. The van der Waals surface area contributed by atoms with Gasteiger partial charge >= 0.3 is 17.9 Å². The average molecular weight is 672 g/mol. The van der Waals surface area contributed by atoms with Crippen LogP contribution in [0.25, 0.3) is 0 Å². The molecule has 0 amide bonds.